The Morgan fingerprint density at radius 2 is 2.26 bits per heavy atom. The molecule has 1 fully saturated rings. The predicted octanol–water partition coefficient (Wildman–Crippen LogP) is 2.05. The SMILES string of the molecule is COC(=O)c1cccc(N2CCCNC(C)CC2)c1. The summed E-state index contributed by atoms with van der Waals surface area (Å²) in [5.41, 5.74) is 1.73. The van der Waals surface area contributed by atoms with E-state index < -0.39 is 0 Å². The predicted molar refractivity (Wildman–Crippen MR) is 76.7 cm³/mol. The first-order chi connectivity index (χ1) is 9.20. The van der Waals surface area contributed by atoms with Crippen LogP contribution < -0.4 is 10.2 Å². The highest BCUT2D eigenvalue weighted by Crippen LogP contribution is 2.18. The van der Waals surface area contributed by atoms with Crippen molar-refractivity contribution in [2.75, 3.05) is 31.6 Å². The maximum atomic E-state index is 11.6. The Morgan fingerprint density at radius 1 is 1.42 bits per heavy atom. The van der Waals surface area contributed by atoms with Crippen LogP contribution in [0, 0.1) is 0 Å². The van der Waals surface area contributed by atoms with Gasteiger partial charge in [0.05, 0.1) is 12.7 Å². The number of anilines is 1. The minimum absolute atomic E-state index is 0.274. The van der Waals surface area contributed by atoms with Crippen LogP contribution in [-0.2, 0) is 4.74 Å². The third-order valence-corrected chi connectivity index (χ3v) is 3.56. The number of carbonyl (C=O) groups excluding carboxylic acids is 1. The first-order valence-corrected chi connectivity index (χ1v) is 6.87. The maximum absolute atomic E-state index is 11.6. The quantitative estimate of drug-likeness (QED) is 0.828. The minimum atomic E-state index is -0.274. The Balaban J connectivity index is 2.13. The van der Waals surface area contributed by atoms with Crippen LogP contribution in [0.4, 0.5) is 5.69 Å². The van der Waals surface area contributed by atoms with Crippen LogP contribution in [0.2, 0.25) is 0 Å². The van der Waals surface area contributed by atoms with Crippen molar-refractivity contribution >= 4 is 11.7 Å². The van der Waals surface area contributed by atoms with Crippen LogP contribution in [0.1, 0.15) is 30.1 Å². The highest BCUT2D eigenvalue weighted by molar-refractivity contribution is 5.90. The van der Waals surface area contributed by atoms with Gasteiger partial charge < -0.3 is 15.0 Å². The number of hydrogen-bond donors (Lipinski definition) is 1. The monoisotopic (exact) mass is 262 g/mol. The fraction of sp³-hybridized carbons (Fsp3) is 0.533. The first-order valence-electron chi connectivity index (χ1n) is 6.87. The second kappa shape index (κ2) is 6.57. The Kier molecular flexibility index (Phi) is 4.80. The van der Waals surface area contributed by atoms with E-state index >= 15 is 0 Å². The van der Waals surface area contributed by atoms with E-state index in [1.807, 2.05) is 12.1 Å². The van der Waals surface area contributed by atoms with E-state index in [4.69, 9.17) is 4.74 Å². The van der Waals surface area contributed by atoms with Crippen molar-refractivity contribution in [3.05, 3.63) is 29.8 Å². The van der Waals surface area contributed by atoms with Crippen molar-refractivity contribution in [2.45, 2.75) is 25.8 Å². The number of methoxy groups -OCH3 is 1. The van der Waals surface area contributed by atoms with Gasteiger partial charge in [0.15, 0.2) is 0 Å². The third kappa shape index (κ3) is 3.70. The van der Waals surface area contributed by atoms with Gasteiger partial charge in [-0.3, -0.25) is 0 Å². The van der Waals surface area contributed by atoms with Crippen molar-refractivity contribution in [3.8, 4) is 0 Å². The van der Waals surface area contributed by atoms with Crippen LogP contribution in [0.5, 0.6) is 0 Å². The smallest absolute Gasteiger partial charge is 0.337 e. The molecule has 0 saturated carbocycles. The minimum Gasteiger partial charge on any atom is -0.465 e. The normalized spacial score (nSPS) is 20.5. The lowest BCUT2D eigenvalue weighted by Gasteiger charge is -2.29. The average molecular weight is 262 g/mol. The van der Waals surface area contributed by atoms with E-state index in [9.17, 15) is 4.79 Å². The largest absolute Gasteiger partial charge is 0.465 e. The lowest BCUT2D eigenvalue weighted by atomic mass is 10.1. The number of benzene rings is 1. The van der Waals surface area contributed by atoms with Crippen molar-refractivity contribution < 1.29 is 9.53 Å². The Morgan fingerprint density at radius 3 is 3.05 bits per heavy atom. The maximum Gasteiger partial charge on any atom is 0.337 e. The zero-order valence-corrected chi connectivity index (χ0v) is 11.7. The molecular formula is C15H22N2O2. The molecule has 0 amide bonds. The molecule has 0 radical (unpaired) electrons. The summed E-state index contributed by atoms with van der Waals surface area (Å²) in [6.07, 6.45) is 2.23. The molecule has 1 saturated heterocycles. The molecule has 0 aromatic heterocycles. The van der Waals surface area contributed by atoms with Gasteiger partial charge >= 0.3 is 5.97 Å². The molecule has 0 aliphatic carbocycles. The number of carbonyl (C=O) groups is 1. The summed E-state index contributed by atoms with van der Waals surface area (Å²) in [5.74, 6) is -0.274. The molecule has 1 heterocycles. The topological polar surface area (TPSA) is 41.6 Å². The summed E-state index contributed by atoms with van der Waals surface area (Å²) in [6.45, 7) is 5.30. The fourth-order valence-corrected chi connectivity index (χ4v) is 2.39. The second-order valence-electron chi connectivity index (χ2n) is 5.03. The summed E-state index contributed by atoms with van der Waals surface area (Å²) >= 11 is 0. The van der Waals surface area contributed by atoms with Gasteiger partial charge in [0, 0.05) is 24.8 Å². The van der Waals surface area contributed by atoms with Crippen LogP contribution in [0.3, 0.4) is 0 Å². The first kappa shape index (κ1) is 13.9. The number of nitrogens with one attached hydrogen (secondary N) is 1. The molecule has 2 rings (SSSR count). The van der Waals surface area contributed by atoms with E-state index in [0.29, 0.717) is 11.6 Å². The molecule has 1 aliphatic rings. The molecule has 19 heavy (non-hydrogen) atoms. The highest BCUT2D eigenvalue weighted by Gasteiger charge is 2.14. The van der Waals surface area contributed by atoms with Crippen molar-refractivity contribution in [2.24, 2.45) is 0 Å². The molecule has 4 nitrogen and oxygen atoms in total. The zero-order chi connectivity index (χ0) is 13.7. The molecule has 4 heteroatoms. The van der Waals surface area contributed by atoms with Crippen molar-refractivity contribution in [1.29, 1.82) is 0 Å². The molecular weight excluding hydrogens is 240 g/mol. The summed E-state index contributed by atoms with van der Waals surface area (Å²) in [6, 6.07) is 8.25. The molecule has 1 aromatic rings. The van der Waals surface area contributed by atoms with Gasteiger partial charge in [-0.25, -0.2) is 4.79 Å². The summed E-state index contributed by atoms with van der Waals surface area (Å²) < 4.78 is 4.77. The van der Waals surface area contributed by atoms with Crippen molar-refractivity contribution in [3.63, 3.8) is 0 Å². The fourth-order valence-electron chi connectivity index (χ4n) is 2.39. The molecule has 0 bridgehead atoms. The van der Waals surface area contributed by atoms with Gasteiger partial charge in [-0.05, 0) is 44.5 Å². The second-order valence-corrected chi connectivity index (χ2v) is 5.03. The van der Waals surface area contributed by atoms with E-state index in [-0.39, 0.29) is 5.97 Å². The summed E-state index contributed by atoms with van der Waals surface area (Å²) in [4.78, 5) is 13.9. The number of nitrogens with zero attached hydrogens (tertiary/aromatic N) is 1. The molecule has 1 aromatic carbocycles. The number of rotatable bonds is 2. The summed E-state index contributed by atoms with van der Waals surface area (Å²) in [5, 5.41) is 3.49. The van der Waals surface area contributed by atoms with Gasteiger partial charge in [0.1, 0.15) is 0 Å². The van der Waals surface area contributed by atoms with E-state index in [1.54, 1.807) is 6.07 Å². The van der Waals surface area contributed by atoms with E-state index in [0.717, 1.165) is 38.2 Å². The molecule has 1 atom stereocenters. The molecule has 0 spiro atoms. The lowest BCUT2D eigenvalue weighted by Crippen LogP contribution is -2.38. The van der Waals surface area contributed by atoms with E-state index in [2.05, 4.69) is 23.2 Å². The van der Waals surface area contributed by atoms with Crippen molar-refractivity contribution in [1.82, 2.24) is 5.32 Å². The standard InChI is InChI=1S/C15H22N2O2/c1-12-7-10-17(9-4-8-16-12)14-6-3-5-13(11-14)15(18)19-2/h3,5-6,11-12,16H,4,7-10H2,1-2H3. The third-order valence-electron chi connectivity index (χ3n) is 3.56. The molecule has 104 valence electrons. The van der Waals surface area contributed by atoms with Gasteiger partial charge in [-0.1, -0.05) is 6.07 Å². The number of esters is 1. The van der Waals surface area contributed by atoms with Gasteiger partial charge in [0.25, 0.3) is 0 Å². The molecule has 1 aliphatic heterocycles. The van der Waals surface area contributed by atoms with Gasteiger partial charge in [-0.15, -0.1) is 0 Å². The Bertz CT molecular complexity index is 434. The van der Waals surface area contributed by atoms with Crippen LogP contribution >= 0.6 is 0 Å². The van der Waals surface area contributed by atoms with Crippen LogP contribution in [0.15, 0.2) is 24.3 Å². The lowest BCUT2D eigenvalue weighted by molar-refractivity contribution is 0.0601. The van der Waals surface area contributed by atoms with E-state index in [1.165, 1.54) is 7.11 Å². The zero-order valence-electron chi connectivity index (χ0n) is 11.7. The highest BCUT2D eigenvalue weighted by atomic mass is 16.5. The number of hydrogen-bond acceptors (Lipinski definition) is 4. The molecule has 1 N–H and O–H groups in total. The van der Waals surface area contributed by atoms with Gasteiger partial charge in [-0.2, -0.15) is 0 Å². The summed E-state index contributed by atoms with van der Waals surface area (Å²) in [7, 11) is 1.42. The Labute approximate surface area is 114 Å². The van der Waals surface area contributed by atoms with Gasteiger partial charge in [0.2, 0.25) is 0 Å². The van der Waals surface area contributed by atoms with Crippen LogP contribution in [-0.4, -0.2) is 38.8 Å². The van der Waals surface area contributed by atoms with Crippen LogP contribution in [0.25, 0.3) is 0 Å². The Hall–Kier alpha value is -1.55. The molecule has 1 unspecified atom stereocenters. The number of ether oxygens (including phenoxy) is 1. The average Bonchev–Trinajstić information content (AvgIpc) is 2.42.